The van der Waals surface area contributed by atoms with Crippen LogP contribution in [0.2, 0.25) is 0 Å². The van der Waals surface area contributed by atoms with Gasteiger partial charge in [-0.3, -0.25) is 4.79 Å². The lowest BCUT2D eigenvalue weighted by Crippen LogP contribution is -2.39. The van der Waals surface area contributed by atoms with Crippen LogP contribution in [0, 0.1) is 11.8 Å². The predicted octanol–water partition coefficient (Wildman–Crippen LogP) is 5.27. The summed E-state index contributed by atoms with van der Waals surface area (Å²) in [6.07, 6.45) is 7.82. The van der Waals surface area contributed by atoms with Crippen LogP contribution < -0.4 is 4.90 Å². The van der Waals surface area contributed by atoms with Gasteiger partial charge in [-0.15, -0.1) is 0 Å². The third-order valence-corrected chi connectivity index (χ3v) is 6.90. The van der Waals surface area contributed by atoms with Crippen molar-refractivity contribution in [2.24, 2.45) is 11.8 Å². The molecule has 0 radical (unpaired) electrons. The third-order valence-electron chi connectivity index (χ3n) is 6.90. The van der Waals surface area contributed by atoms with E-state index in [1.54, 1.807) is 0 Å². The molecule has 1 aliphatic heterocycles. The van der Waals surface area contributed by atoms with E-state index in [2.05, 4.69) is 49.6 Å². The molecular formula is C28H40N6O. The number of fused-ring (bicyclic) bond motifs is 1. The second kappa shape index (κ2) is 11.6. The summed E-state index contributed by atoms with van der Waals surface area (Å²) < 4.78 is 1.91. The van der Waals surface area contributed by atoms with Crippen LogP contribution in [-0.4, -0.2) is 56.7 Å². The minimum Gasteiger partial charge on any atom is -0.354 e. The molecule has 0 N–H and O–H groups in total. The van der Waals surface area contributed by atoms with Crippen LogP contribution in [0.15, 0.2) is 36.5 Å². The molecule has 7 heteroatoms. The quantitative estimate of drug-likeness (QED) is 0.421. The van der Waals surface area contributed by atoms with Gasteiger partial charge in [0.1, 0.15) is 11.6 Å². The van der Waals surface area contributed by atoms with Crippen molar-refractivity contribution in [3.05, 3.63) is 42.4 Å². The fourth-order valence-electron chi connectivity index (χ4n) is 4.95. The first-order chi connectivity index (χ1) is 17.0. The standard InChI is InChI=1S/C28H40N6O/c1-5-7-12-22(6-2)28(35)33-16-11-15-32(17-18-33)26-24-20-29-34(23-13-9-8-10-14-23)27(24)31-25(30-26)19-21(3)4/h8-10,13-14,20-22H,5-7,11-12,15-19H2,1-4H3/t22-/m0/s1. The van der Waals surface area contributed by atoms with Crippen LogP contribution in [0.1, 0.15) is 65.6 Å². The number of aromatic nitrogens is 4. The lowest BCUT2D eigenvalue weighted by atomic mass is 9.97. The van der Waals surface area contributed by atoms with E-state index in [1.807, 2.05) is 29.1 Å². The molecule has 35 heavy (non-hydrogen) atoms. The number of unbranched alkanes of at least 4 members (excludes halogenated alkanes) is 1. The summed E-state index contributed by atoms with van der Waals surface area (Å²) in [7, 11) is 0. The van der Waals surface area contributed by atoms with Crippen molar-refractivity contribution in [2.45, 2.75) is 66.2 Å². The minimum atomic E-state index is 0.147. The number of hydrogen-bond donors (Lipinski definition) is 0. The summed E-state index contributed by atoms with van der Waals surface area (Å²) in [5.74, 6) is 2.73. The molecule has 0 unspecified atom stereocenters. The van der Waals surface area contributed by atoms with Crippen molar-refractivity contribution in [2.75, 3.05) is 31.1 Å². The zero-order valence-electron chi connectivity index (χ0n) is 21.8. The highest BCUT2D eigenvalue weighted by Gasteiger charge is 2.26. The Bertz CT molecular complexity index is 1110. The molecule has 2 aromatic heterocycles. The average Bonchev–Trinajstić information content (AvgIpc) is 3.12. The number of carbonyl (C=O) groups excluding carboxylic acids is 1. The van der Waals surface area contributed by atoms with Gasteiger partial charge in [0.2, 0.25) is 5.91 Å². The van der Waals surface area contributed by atoms with Gasteiger partial charge in [0.25, 0.3) is 0 Å². The molecule has 3 aromatic rings. The third kappa shape index (κ3) is 5.82. The summed E-state index contributed by atoms with van der Waals surface area (Å²) in [4.78, 5) is 27.6. The summed E-state index contributed by atoms with van der Waals surface area (Å²) in [6.45, 7) is 11.9. The number of rotatable bonds is 9. The van der Waals surface area contributed by atoms with Gasteiger partial charge in [-0.2, -0.15) is 5.10 Å². The highest BCUT2D eigenvalue weighted by atomic mass is 16.2. The Kier molecular flexibility index (Phi) is 8.37. The summed E-state index contributed by atoms with van der Waals surface area (Å²) in [5.41, 5.74) is 1.84. The van der Waals surface area contributed by atoms with Gasteiger partial charge in [0.15, 0.2) is 5.65 Å². The van der Waals surface area contributed by atoms with Gasteiger partial charge in [0, 0.05) is 38.5 Å². The zero-order chi connectivity index (χ0) is 24.8. The van der Waals surface area contributed by atoms with Crippen LogP contribution in [-0.2, 0) is 11.2 Å². The number of para-hydroxylation sites is 1. The Hall–Kier alpha value is -2.96. The van der Waals surface area contributed by atoms with Gasteiger partial charge < -0.3 is 9.80 Å². The number of anilines is 1. The molecule has 0 saturated carbocycles. The second-order valence-corrected chi connectivity index (χ2v) is 10.1. The van der Waals surface area contributed by atoms with Crippen LogP contribution >= 0.6 is 0 Å². The Labute approximate surface area is 209 Å². The number of hydrogen-bond acceptors (Lipinski definition) is 5. The maximum atomic E-state index is 13.2. The molecule has 1 aliphatic rings. The van der Waals surface area contributed by atoms with Crippen molar-refractivity contribution < 1.29 is 4.79 Å². The molecular weight excluding hydrogens is 436 g/mol. The molecule has 1 amide bonds. The van der Waals surface area contributed by atoms with Crippen molar-refractivity contribution in [1.29, 1.82) is 0 Å². The summed E-state index contributed by atoms with van der Waals surface area (Å²) >= 11 is 0. The lowest BCUT2D eigenvalue weighted by molar-refractivity contribution is -0.135. The van der Waals surface area contributed by atoms with E-state index in [0.29, 0.717) is 11.8 Å². The molecule has 0 aliphatic carbocycles. The van der Waals surface area contributed by atoms with E-state index in [0.717, 1.165) is 93.1 Å². The monoisotopic (exact) mass is 476 g/mol. The van der Waals surface area contributed by atoms with E-state index < -0.39 is 0 Å². The maximum Gasteiger partial charge on any atom is 0.225 e. The van der Waals surface area contributed by atoms with Gasteiger partial charge in [0.05, 0.1) is 17.3 Å². The number of benzene rings is 1. The Morgan fingerprint density at radius 1 is 1.03 bits per heavy atom. The molecule has 1 fully saturated rings. The first-order valence-corrected chi connectivity index (χ1v) is 13.4. The lowest BCUT2D eigenvalue weighted by Gasteiger charge is -2.26. The first kappa shape index (κ1) is 25.1. The molecule has 1 atom stereocenters. The summed E-state index contributed by atoms with van der Waals surface area (Å²) in [5, 5.41) is 5.66. The van der Waals surface area contributed by atoms with Gasteiger partial charge >= 0.3 is 0 Å². The SMILES string of the molecule is CCCC[C@H](CC)C(=O)N1CCCN(c2nc(CC(C)C)nc3c2cnn3-c2ccccc2)CC1. The smallest absolute Gasteiger partial charge is 0.225 e. The number of nitrogens with zero attached hydrogens (tertiary/aromatic N) is 6. The number of amides is 1. The zero-order valence-corrected chi connectivity index (χ0v) is 21.8. The van der Waals surface area contributed by atoms with E-state index in [9.17, 15) is 4.79 Å². The average molecular weight is 477 g/mol. The highest BCUT2D eigenvalue weighted by molar-refractivity contribution is 5.88. The van der Waals surface area contributed by atoms with Crippen LogP contribution in [0.4, 0.5) is 5.82 Å². The molecule has 188 valence electrons. The molecule has 0 bridgehead atoms. The van der Waals surface area contributed by atoms with Crippen molar-refractivity contribution >= 4 is 22.8 Å². The van der Waals surface area contributed by atoms with E-state index >= 15 is 0 Å². The molecule has 7 nitrogen and oxygen atoms in total. The largest absolute Gasteiger partial charge is 0.354 e. The van der Waals surface area contributed by atoms with E-state index in [1.165, 1.54) is 0 Å². The molecule has 0 spiro atoms. The molecule has 1 aromatic carbocycles. The summed E-state index contributed by atoms with van der Waals surface area (Å²) in [6, 6.07) is 10.1. The van der Waals surface area contributed by atoms with Crippen LogP contribution in [0.25, 0.3) is 16.7 Å². The number of carbonyl (C=O) groups is 1. The van der Waals surface area contributed by atoms with Crippen molar-refractivity contribution in [3.63, 3.8) is 0 Å². The Morgan fingerprint density at radius 2 is 1.83 bits per heavy atom. The van der Waals surface area contributed by atoms with E-state index in [-0.39, 0.29) is 5.92 Å². The molecule has 1 saturated heterocycles. The van der Waals surface area contributed by atoms with Crippen LogP contribution in [0.5, 0.6) is 0 Å². The van der Waals surface area contributed by atoms with E-state index in [4.69, 9.17) is 15.1 Å². The Morgan fingerprint density at radius 3 is 2.54 bits per heavy atom. The van der Waals surface area contributed by atoms with Gasteiger partial charge in [-0.1, -0.05) is 58.7 Å². The normalized spacial score (nSPS) is 15.6. The van der Waals surface area contributed by atoms with Gasteiger partial charge in [-0.25, -0.2) is 14.6 Å². The fraction of sp³-hybridized carbons (Fsp3) is 0.571. The Balaban J connectivity index is 1.62. The van der Waals surface area contributed by atoms with Crippen molar-refractivity contribution in [1.82, 2.24) is 24.6 Å². The second-order valence-electron chi connectivity index (χ2n) is 10.1. The molecule has 3 heterocycles. The first-order valence-electron chi connectivity index (χ1n) is 13.4. The maximum absolute atomic E-state index is 13.2. The predicted molar refractivity (Wildman–Crippen MR) is 142 cm³/mol. The highest BCUT2D eigenvalue weighted by Crippen LogP contribution is 2.28. The van der Waals surface area contributed by atoms with Crippen LogP contribution in [0.3, 0.4) is 0 Å². The topological polar surface area (TPSA) is 67.2 Å². The fourth-order valence-corrected chi connectivity index (χ4v) is 4.95. The molecule has 4 rings (SSSR count). The van der Waals surface area contributed by atoms with Crippen molar-refractivity contribution in [3.8, 4) is 5.69 Å². The minimum absolute atomic E-state index is 0.147. The van der Waals surface area contributed by atoms with Gasteiger partial charge in [-0.05, 0) is 37.3 Å².